The van der Waals surface area contributed by atoms with Gasteiger partial charge in [-0.1, -0.05) is 20.8 Å². The second kappa shape index (κ2) is 6.42. The van der Waals surface area contributed by atoms with Gasteiger partial charge in [-0.15, -0.1) is 0 Å². The highest BCUT2D eigenvalue weighted by molar-refractivity contribution is 5.29. The molecule has 2 rings (SSSR count). The summed E-state index contributed by atoms with van der Waals surface area (Å²) in [6, 6.07) is 0. The molecule has 4 heteroatoms. The molecule has 1 aliphatic heterocycles. The van der Waals surface area contributed by atoms with E-state index < -0.39 is 0 Å². The van der Waals surface area contributed by atoms with Gasteiger partial charge in [0.2, 0.25) is 5.95 Å². The Hall–Kier alpha value is -1.03. The van der Waals surface area contributed by atoms with E-state index in [1.165, 1.54) is 26.1 Å². The highest BCUT2D eigenvalue weighted by Crippen LogP contribution is 2.17. The van der Waals surface area contributed by atoms with Crippen LogP contribution in [0.25, 0.3) is 0 Å². The van der Waals surface area contributed by atoms with Gasteiger partial charge in [0.1, 0.15) is 0 Å². The Morgan fingerprint density at radius 2 is 2.26 bits per heavy atom. The molecule has 19 heavy (non-hydrogen) atoms. The zero-order valence-electron chi connectivity index (χ0n) is 12.8. The molecule has 2 heterocycles. The quantitative estimate of drug-likeness (QED) is 0.857. The topological polar surface area (TPSA) is 33.1 Å². The van der Waals surface area contributed by atoms with Gasteiger partial charge < -0.3 is 14.8 Å². The molecule has 1 atom stereocenters. The number of rotatable bonds is 6. The smallest absolute Gasteiger partial charge is 0.203 e. The minimum Gasteiger partial charge on any atom is -0.355 e. The van der Waals surface area contributed by atoms with Crippen LogP contribution < -0.4 is 5.32 Å². The van der Waals surface area contributed by atoms with E-state index in [0.29, 0.717) is 5.92 Å². The van der Waals surface area contributed by atoms with E-state index in [9.17, 15) is 0 Å². The summed E-state index contributed by atoms with van der Waals surface area (Å²) in [6.45, 7) is 14.5. The van der Waals surface area contributed by atoms with Gasteiger partial charge in [0, 0.05) is 25.8 Å². The van der Waals surface area contributed by atoms with Gasteiger partial charge >= 0.3 is 0 Å². The number of hydrogen-bond acceptors (Lipinski definition) is 3. The zero-order chi connectivity index (χ0) is 13.8. The van der Waals surface area contributed by atoms with E-state index in [-0.39, 0.29) is 0 Å². The first-order valence-corrected chi connectivity index (χ1v) is 7.58. The van der Waals surface area contributed by atoms with Crippen LogP contribution in [0.4, 0.5) is 5.95 Å². The lowest BCUT2D eigenvalue weighted by Gasteiger charge is -2.15. The molecule has 108 valence electrons. The number of likely N-dealkylation sites (tertiary alicyclic amines) is 1. The fraction of sp³-hybridized carbons (Fsp3) is 0.800. The Labute approximate surface area is 117 Å². The second-order valence-corrected chi connectivity index (χ2v) is 6.18. The molecule has 1 N–H and O–H groups in total. The fourth-order valence-corrected chi connectivity index (χ4v) is 2.82. The summed E-state index contributed by atoms with van der Waals surface area (Å²) < 4.78 is 2.26. The number of nitrogens with zero attached hydrogens (tertiary/aromatic N) is 3. The highest BCUT2D eigenvalue weighted by Gasteiger charge is 2.21. The standard InChI is InChI=1S/C15H28N4/c1-5-18-7-6-14(11-18)8-16-15-17-13(4)10-19(15)9-12(2)3/h10,12,14H,5-9,11H2,1-4H3,(H,16,17). The van der Waals surface area contributed by atoms with E-state index in [1.807, 2.05) is 0 Å². The van der Waals surface area contributed by atoms with Crippen LogP contribution in [0.3, 0.4) is 0 Å². The zero-order valence-corrected chi connectivity index (χ0v) is 12.8. The number of imidazole rings is 1. The first-order valence-electron chi connectivity index (χ1n) is 7.58. The van der Waals surface area contributed by atoms with Crippen molar-refractivity contribution in [2.24, 2.45) is 11.8 Å². The summed E-state index contributed by atoms with van der Waals surface area (Å²) in [5, 5.41) is 3.55. The Bertz CT molecular complexity index is 397. The monoisotopic (exact) mass is 264 g/mol. The molecule has 1 unspecified atom stereocenters. The average molecular weight is 264 g/mol. The molecule has 1 aromatic rings. The summed E-state index contributed by atoms with van der Waals surface area (Å²) in [5.74, 6) is 2.46. The lowest BCUT2D eigenvalue weighted by atomic mass is 10.1. The summed E-state index contributed by atoms with van der Waals surface area (Å²) in [4.78, 5) is 7.13. The van der Waals surface area contributed by atoms with E-state index >= 15 is 0 Å². The molecule has 0 saturated carbocycles. The van der Waals surface area contributed by atoms with E-state index in [0.717, 1.165) is 30.6 Å². The van der Waals surface area contributed by atoms with E-state index in [4.69, 9.17) is 0 Å². The maximum Gasteiger partial charge on any atom is 0.203 e. The minimum atomic E-state index is 0.649. The second-order valence-electron chi connectivity index (χ2n) is 6.18. The van der Waals surface area contributed by atoms with Crippen LogP contribution in [0.5, 0.6) is 0 Å². The molecule has 0 radical (unpaired) electrons. The van der Waals surface area contributed by atoms with Gasteiger partial charge in [-0.2, -0.15) is 0 Å². The van der Waals surface area contributed by atoms with Crippen molar-refractivity contribution in [2.45, 2.75) is 40.7 Å². The molecular formula is C15H28N4. The van der Waals surface area contributed by atoms with Crippen LogP contribution in [-0.2, 0) is 6.54 Å². The van der Waals surface area contributed by atoms with Crippen LogP contribution >= 0.6 is 0 Å². The van der Waals surface area contributed by atoms with Crippen LogP contribution in [0.1, 0.15) is 32.9 Å². The normalized spacial score (nSPS) is 20.4. The van der Waals surface area contributed by atoms with Gasteiger partial charge in [0.05, 0.1) is 5.69 Å². The molecule has 0 bridgehead atoms. The molecule has 0 spiro atoms. The molecular weight excluding hydrogens is 236 g/mol. The first kappa shape index (κ1) is 14.4. The van der Waals surface area contributed by atoms with E-state index in [1.54, 1.807) is 0 Å². The SMILES string of the molecule is CCN1CCC(CNc2nc(C)cn2CC(C)C)C1. The van der Waals surface area contributed by atoms with Crippen molar-refractivity contribution >= 4 is 5.95 Å². The molecule has 4 nitrogen and oxygen atoms in total. The van der Waals surface area contributed by atoms with Gasteiger partial charge in [0.15, 0.2) is 0 Å². The predicted molar refractivity (Wildman–Crippen MR) is 80.5 cm³/mol. The molecule has 0 aromatic carbocycles. The van der Waals surface area contributed by atoms with Gasteiger partial charge in [-0.3, -0.25) is 0 Å². The maximum atomic E-state index is 4.60. The van der Waals surface area contributed by atoms with Crippen LogP contribution in [0.2, 0.25) is 0 Å². The Kier molecular flexibility index (Phi) is 4.86. The minimum absolute atomic E-state index is 0.649. The summed E-state index contributed by atoms with van der Waals surface area (Å²) in [5.41, 5.74) is 1.10. The summed E-state index contributed by atoms with van der Waals surface area (Å²) in [6.07, 6.45) is 3.46. The number of aryl methyl sites for hydroxylation is 1. The van der Waals surface area contributed by atoms with Crippen molar-refractivity contribution in [1.29, 1.82) is 0 Å². The number of aromatic nitrogens is 2. The van der Waals surface area contributed by atoms with Crippen molar-refractivity contribution in [3.8, 4) is 0 Å². The third kappa shape index (κ3) is 3.96. The van der Waals surface area contributed by atoms with Gasteiger partial charge in [-0.25, -0.2) is 4.98 Å². The molecule has 1 aliphatic rings. The predicted octanol–water partition coefficient (Wildman–Crippen LogP) is 2.60. The molecule has 1 fully saturated rings. The van der Waals surface area contributed by atoms with Gasteiger partial charge in [-0.05, 0) is 38.3 Å². The summed E-state index contributed by atoms with van der Waals surface area (Å²) >= 11 is 0. The lowest BCUT2D eigenvalue weighted by Crippen LogP contribution is -2.23. The van der Waals surface area contributed by atoms with Crippen molar-refractivity contribution in [2.75, 3.05) is 31.5 Å². The van der Waals surface area contributed by atoms with Crippen LogP contribution in [-0.4, -0.2) is 40.6 Å². The third-order valence-corrected chi connectivity index (χ3v) is 3.82. The largest absolute Gasteiger partial charge is 0.355 e. The van der Waals surface area contributed by atoms with Crippen molar-refractivity contribution in [3.63, 3.8) is 0 Å². The third-order valence-electron chi connectivity index (χ3n) is 3.82. The first-order chi connectivity index (χ1) is 9.08. The average Bonchev–Trinajstić information content (AvgIpc) is 2.92. The summed E-state index contributed by atoms with van der Waals surface area (Å²) in [7, 11) is 0. The van der Waals surface area contributed by atoms with Crippen LogP contribution in [0.15, 0.2) is 6.20 Å². The fourth-order valence-electron chi connectivity index (χ4n) is 2.82. The van der Waals surface area contributed by atoms with Crippen molar-refractivity contribution in [1.82, 2.24) is 14.5 Å². The Balaban J connectivity index is 1.88. The van der Waals surface area contributed by atoms with Crippen LogP contribution in [0, 0.1) is 18.8 Å². The molecule has 1 aromatic heterocycles. The number of anilines is 1. The van der Waals surface area contributed by atoms with E-state index in [2.05, 4.69) is 53.7 Å². The van der Waals surface area contributed by atoms with Crippen molar-refractivity contribution < 1.29 is 0 Å². The molecule has 0 amide bonds. The van der Waals surface area contributed by atoms with Crippen molar-refractivity contribution in [3.05, 3.63) is 11.9 Å². The highest BCUT2D eigenvalue weighted by atomic mass is 15.2. The number of hydrogen-bond donors (Lipinski definition) is 1. The molecule has 1 saturated heterocycles. The van der Waals surface area contributed by atoms with Gasteiger partial charge in [0.25, 0.3) is 0 Å². The maximum absolute atomic E-state index is 4.60. The Morgan fingerprint density at radius 1 is 1.47 bits per heavy atom. The Morgan fingerprint density at radius 3 is 2.89 bits per heavy atom. The number of nitrogens with one attached hydrogen (secondary N) is 1. The lowest BCUT2D eigenvalue weighted by molar-refractivity contribution is 0.344. The molecule has 0 aliphatic carbocycles.